The van der Waals surface area contributed by atoms with Gasteiger partial charge in [-0.3, -0.25) is 9.59 Å². The van der Waals surface area contributed by atoms with Crippen LogP contribution in [0.25, 0.3) is 0 Å². The van der Waals surface area contributed by atoms with Gasteiger partial charge in [0.25, 0.3) is 0 Å². The molecule has 7 heteroatoms. The number of nitrogens with one attached hydrogen (secondary N) is 1. The van der Waals surface area contributed by atoms with Crippen LogP contribution >= 0.6 is 11.6 Å². The third-order valence-corrected chi connectivity index (χ3v) is 6.19. The lowest BCUT2D eigenvalue weighted by atomic mass is 9.73. The molecule has 0 unspecified atom stereocenters. The van der Waals surface area contributed by atoms with E-state index in [1.807, 2.05) is 24.3 Å². The second-order valence-corrected chi connectivity index (χ2v) is 8.13. The monoisotopic (exact) mass is 428 g/mol. The van der Waals surface area contributed by atoms with Gasteiger partial charge in [0.1, 0.15) is 5.75 Å². The number of anilines is 2. The number of halogens is 1. The SMILES string of the molecule is COc1ccc(NC(=O)C2(c3cccc(Cl)c3)CCOCC2)cc1N1CCCC1=O. The Morgan fingerprint density at radius 1 is 1.20 bits per heavy atom. The zero-order valence-electron chi connectivity index (χ0n) is 16.9. The van der Waals surface area contributed by atoms with Gasteiger partial charge in [-0.25, -0.2) is 0 Å². The molecule has 0 saturated carbocycles. The Hall–Kier alpha value is -2.57. The molecule has 0 aromatic heterocycles. The minimum absolute atomic E-state index is 0.0663. The van der Waals surface area contributed by atoms with Crippen LogP contribution in [-0.2, 0) is 19.7 Å². The van der Waals surface area contributed by atoms with E-state index in [4.69, 9.17) is 21.1 Å². The number of carbonyl (C=O) groups excluding carboxylic acids is 2. The first-order valence-electron chi connectivity index (χ1n) is 10.2. The molecule has 158 valence electrons. The van der Waals surface area contributed by atoms with Crippen LogP contribution in [0.4, 0.5) is 11.4 Å². The summed E-state index contributed by atoms with van der Waals surface area (Å²) in [6.07, 6.45) is 2.49. The fraction of sp³-hybridized carbons (Fsp3) is 0.391. The van der Waals surface area contributed by atoms with Crippen molar-refractivity contribution in [2.45, 2.75) is 31.1 Å². The number of carbonyl (C=O) groups is 2. The average Bonchev–Trinajstić information content (AvgIpc) is 3.19. The topological polar surface area (TPSA) is 67.9 Å². The number of rotatable bonds is 5. The zero-order valence-corrected chi connectivity index (χ0v) is 17.7. The molecule has 2 heterocycles. The molecule has 1 N–H and O–H groups in total. The highest BCUT2D eigenvalue weighted by molar-refractivity contribution is 6.30. The van der Waals surface area contributed by atoms with Gasteiger partial charge >= 0.3 is 0 Å². The molecular weight excluding hydrogens is 404 g/mol. The molecular formula is C23H25ClN2O4. The van der Waals surface area contributed by atoms with Crippen LogP contribution in [0.2, 0.25) is 5.02 Å². The van der Waals surface area contributed by atoms with Crippen LogP contribution in [-0.4, -0.2) is 38.7 Å². The van der Waals surface area contributed by atoms with Gasteiger partial charge in [-0.1, -0.05) is 23.7 Å². The van der Waals surface area contributed by atoms with E-state index >= 15 is 0 Å². The number of amides is 2. The molecule has 6 nitrogen and oxygen atoms in total. The molecule has 2 saturated heterocycles. The normalized spacial score (nSPS) is 18.3. The first kappa shape index (κ1) is 20.7. The number of hydrogen-bond donors (Lipinski definition) is 1. The van der Waals surface area contributed by atoms with Crippen molar-refractivity contribution in [3.05, 3.63) is 53.1 Å². The lowest BCUT2D eigenvalue weighted by molar-refractivity contribution is -0.125. The summed E-state index contributed by atoms with van der Waals surface area (Å²) in [6.45, 7) is 1.67. The van der Waals surface area contributed by atoms with E-state index < -0.39 is 5.41 Å². The van der Waals surface area contributed by atoms with Gasteiger partial charge in [0.15, 0.2) is 0 Å². The fourth-order valence-electron chi connectivity index (χ4n) is 4.29. The highest BCUT2D eigenvalue weighted by atomic mass is 35.5. The molecule has 0 atom stereocenters. The molecule has 0 spiro atoms. The van der Waals surface area contributed by atoms with E-state index in [2.05, 4.69) is 5.32 Å². The maximum absolute atomic E-state index is 13.5. The molecule has 30 heavy (non-hydrogen) atoms. The molecule has 2 aliphatic rings. The third-order valence-electron chi connectivity index (χ3n) is 5.96. The number of methoxy groups -OCH3 is 1. The second-order valence-electron chi connectivity index (χ2n) is 7.69. The van der Waals surface area contributed by atoms with Crippen molar-refractivity contribution in [2.24, 2.45) is 0 Å². The van der Waals surface area contributed by atoms with Crippen LogP contribution in [0.3, 0.4) is 0 Å². The highest BCUT2D eigenvalue weighted by Crippen LogP contribution is 2.39. The first-order valence-corrected chi connectivity index (χ1v) is 10.5. The zero-order chi connectivity index (χ0) is 21.1. The fourth-order valence-corrected chi connectivity index (χ4v) is 4.48. The van der Waals surface area contributed by atoms with Gasteiger partial charge in [0, 0.05) is 36.9 Å². The van der Waals surface area contributed by atoms with Crippen LogP contribution in [0, 0.1) is 0 Å². The lowest BCUT2D eigenvalue weighted by Gasteiger charge is -2.36. The van der Waals surface area contributed by atoms with Gasteiger partial charge in [0.05, 0.1) is 18.2 Å². The molecule has 0 aliphatic carbocycles. The summed E-state index contributed by atoms with van der Waals surface area (Å²) in [7, 11) is 1.58. The van der Waals surface area contributed by atoms with Crippen molar-refractivity contribution in [1.82, 2.24) is 0 Å². The molecule has 2 aliphatic heterocycles. The van der Waals surface area contributed by atoms with Crippen molar-refractivity contribution >= 4 is 34.8 Å². The van der Waals surface area contributed by atoms with Crippen LogP contribution < -0.4 is 15.0 Å². The Kier molecular flexibility index (Phi) is 5.97. The summed E-state index contributed by atoms with van der Waals surface area (Å²) in [5.74, 6) is 0.576. The van der Waals surface area contributed by atoms with Gasteiger partial charge in [-0.2, -0.15) is 0 Å². The van der Waals surface area contributed by atoms with Crippen LogP contribution in [0.1, 0.15) is 31.2 Å². The van der Waals surface area contributed by atoms with Gasteiger partial charge in [-0.15, -0.1) is 0 Å². The quantitative estimate of drug-likeness (QED) is 0.776. The van der Waals surface area contributed by atoms with Crippen molar-refractivity contribution in [3.63, 3.8) is 0 Å². The first-order chi connectivity index (χ1) is 14.5. The summed E-state index contributed by atoms with van der Waals surface area (Å²) in [5.41, 5.74) is 1.48. The Labute approximate surface area is 181 Å². The van der Waals surface area contributed by atoms with Crippen molar-refractivity contribution in [1.29, 1.82) is 0 Å². The van der Waals surface area contributed by atoms with E-state index in [0.717, 1.165) is 12.0 Å². The second kappa shape index (κ2) is 8.66. The summed E-state index contributed by atoms with van der Waals surface area (Å²) in [6, 6.07) is 12.9. The Morgan fingerprint density at radius 2 is 2.00 bits per heavy atom. The highest BCUT2D eigenvalue weighted by Gasteiger charge is 2.42. The minimum Gasteiger partial charge on any atom is -0.495 e. The van der Waals surface area contributed by atoms with Gasteiger partial charge in [0.2, 0.25) is 11.8 Å². The van der Waals surface area contributed by atoms with Crippen molar-refractivity contribution in [3.8, 4) is 5.75 Å². The molecule has 2 aromatic carbocycles. The average molecular weight is 429 g/mol. The van der Waals surface area contributed by atoms with E-state index in [9.17, 15) is 9.59 Å². The molecule has 0 radical (unpaired) electrons. The molecule has 0 bridgehead atoms. The van der Waals surface area contributed by atoms with Crippen molar-refractivity contribution in [2.75, 3.05) is 37.1 Å². The van der Waals surface area contributed by atoms with E-state index in [0.29, 0.717) is 61.2 Å². The minimum atomic E-state index is -0.716. The van der Waals surface area contributed by atoms with E-state index in [1.165, 1.54) is 0 Å². The van der Waals surface area contributed by atoms with E-state index in [-0.39, 0.29) is 11.8 Å². The Balaban J connectivity index is 1.65. The molecule has 2 amide bonds. The van der Waals surface area contributed by atoms with Crippen LogP contribution in [0.5, 0.6) is 5.75 Å². The largest absolute Gasteiger partial charge is 0.495 e. The number of benzene rings is 2. The predicted molar refractivity (Wildman–Crippen MR) is 116 cm³/mol. The van der Waals surface area contributed by atoms with Gasteiger partial charge < -0.3 is 19.7 Å². The summed E-state index contributed by atoms with van der Waals surface area (Å²) in [5, 5.41) is 3.67. The standard InChI is InChI=1S/C23H25ClN2O4/c1-29-20-8-7-18(15-19(20)26-11-3-6-21(26)27)25-22(28)23(9-12-30-13-10-23)16-4-2-5-17(24)14-16/h2,4-5,7-8,14-15H,3,6,9-13H2,1H3,(H,25,28). The third kappa shape index (κ3) is 3.89. The van der Waals surface area contributed by atoms with Crippen molar-refractivity contribution < 1.29 is 19.1 Å². The molecule has 2 fully saturated rings. The smallest absolute Gasteiger partial charge is 0.235 e. The maximum Gasteiger partial charge on any atom is 0.235 e. The molecule has 2 aromatic rings. The summed E-state index contributed by atoms with van der Waals surface area (Å²) < 4.78 is 11.0. The van der Waals surface area contributed by atoms with Crippen LogP contribution in [0.15, 0.2) is 42.5 Å². The number of ether oxygens (including phenoxy) is 2. The van der Waals surface area contributed by atoms with Gasteiger partial charge in [-0.05, 0) is 55.2 Å². The Bertz CT molecular complexity index is 956. The summed E-state index contributed by atoms with van der Waals surface area (Å²) >= 11 is 6.22. The maximum atomic E-state index is 13.5. The number of nitrogens with zero attached hydrogens (tertiary/aromatic N) is 1. The van der Waals surface area contributed by atoms with E-state index in [1.54, 1.807) is 30.2 Å². The molecule has 4 rings (SSSR count). The summed E-state index contributed by atoms with van der Waals surface area (Å²) in [4.78, 5) is 27.5. The Morgan fingerprint density at radius 3 is 2.67 bits per heavy atom. The lowest BCUT2D eigenvalue weighted by Crippen LogP contribution is -2.44. The number of hydrogen-bond acceptors (Lipinski definition) is 4. The predicted octanol–water partition coefficient (Wildman–Crippen LogP) is 4.16.